The molecule has 2 N–H and O–H groups in total. The van der Waals surface area contributed by atoms with Gasteiger partial charge in [-0.2, -0.15) is 0 Å². The first-order valence-electron chi connectivity index (χ1n) is 8.59. The summed E-state index contributed by atoms with van der Waals surface area (Å²) in [6, 6.07) is 21.1. The third kappa shape index (κ3) is 4.26. The molecule has 0 aliphatic heterocycles. The number of hydrogen-bond donors (Lipinski definition) is 2. The van der Waals surface area contributed by atoms with Crippen molar-refractivity contribution in [1.29, 1.82) is 0 Å². The number of benzene rings is 3. The SMILES string of the molecule is O=C(Nc1ccc(S(=O)(=O)Nc2ccc(Cl)cc2)cc1)c1cc2ccccc2o1. The quantitative estimate of drug-likeness (QED) is 0.462. The van der Waals surface area contributed by atoms with Crippen molar-refractivity contribution in [2.24, 2.45) is 0 Å². The molecule has 6 nitrogen and oxygen atoms in total. The molecule has 146 valence electrons. The number of anilines is 2. The van der Waals surface area contributed by atoms with Crippen LogP contribution >= 0.6 is 11.6 Å². The number of carbonyl (C=O) groups excluding carboxylic acids is 1. The molecule has 0 bridgehead atoms. The van der Waals surface area contributed by atoms with Crippen LogP contribution < -0.4 is 10.0 Å². The number of para-hydroxylation sites is 1. The van der Waals surface area contributed by atoms with E-state index in [1.165, 1.54) is 24.3 Å². The predicted molar refractivity (Wildman–Crippen MR) is 113 cm³/mol. The third-order valence-corrected chi connectivity index (χ3v) is 5.82. The summed E-state index contributed by atoms with van der Waals surface area (Å²) in [6.45, 7) is 0. The smallest absolute Gasteiger partial charge is 0.291 e. The summed E-state index contributed by atoms with van der Waals surface area (Å²) in [5, 5.41) is 4.03. The summed E-state index contributed by atoms with van der Waals surface area (Å²) < 4.78 is 33.0. The molecule has 29 heavy (non-hydrogen) atoms. The first-order chi connectivity index (χ1) is 13.9. The van der Waals surface area contributed by atoms with Crippen LogP contribution in [0.25, 0.3) is 11.0 Å². The maximum Gasteiger partial charge on any atom is 0.291 e. The zero-order valence-electron chi connectivity index (χ0n) is 14.9. The second-order valence-corrected chi connectivity index (χ2v) is 8.36. The van der Waals surface area contributed by atoms with E-state index in [2.05, 4.69) is 10.0 Å². The summed E-state index contributed by atoms with van der Waals surface area (Å²) in [5.74, 6) is -0.247. The fraction of sp³-hybridized carbons (Fsp3) is 0. The Kier molecular flexibility index (Phi) is 5.00. The predicted octanol–water partition coefficient (Wildman–Crippen LogP) is 5.14. The normalized spacial score (nSPS) is 11.3. The highest BCUT2D eigenvalue weighted by atomic mass is 35.5. The number of furan rings is 1. The van der Waals surface area contributed by atoms with Gasteiger partial charge in [0.05, 0.1) is 4.90 Å². The molecular weight excluding hydrogens is 412 g/mol. The van der Waals surface area contributed by atoms with Gasteiger partial charge in [0, 0.05) is 21.8 Å². The maximum absolute atomic E-state index is 12.5. The van der Waals surface area contributed by atoms with Crippen LogP contribution in [0.5, 0.6) is 0 Å². The van der Waals surface area contributed by atoms with Crippen molar-refractivity contribution in [1.82, 2.24) is 0 Å². The Morgan fingerprint density at radius 1 is 0.862 bits per heavy atom. The number of sulfonamides is 1. The molecule has 0 spiro atoms. The van der Waals surface area contributed by atoms with Gasteiger partial charge in [-0.05, 0) is 60.7 Å². The van der Waals surface area contributed by atoms with Crippen LogP contribution in [0, 0.1) is 0 Å². The molecule has 0 aliphatic carbocycles. The van der Waals surface area contributed by atoms with Crippen molar-refractivity contribution in [2.45, 2.75) is 4.90 Å². The van der Waals surface area contributed by atoms with Gasteiger partial charge in [0.25, 0.3) is 15.9 Å². The number of fused-ring (bicyclic) bond motifs is 1. The van der Waals surface area contributed by atoms with E-state index < -0.39 is 15.9 Å². The van der Waals surface area contributed by atoms with Gasteiger partial charge in [-0.3, -0.25) is 9.52 Å². The number of halogens is 1. The molecule has 0 unspecified atom stereocenters. The summed E-state index contributed by atoms with van der Waals surface area (Å²) >= 11 is 5.81. The van der Waals surface area contributed by atoms with Crippen molar-refractivity contribution >= 4 is 49.9 Å². The van der Waals surface area contributed by atoms with Crippen LogP contribution in [0.2, 0.25) is 5.02 Å². The first-order valence-corrected chi connectivity index (χ1v) is 10.5. The van der Waals surface area contributed by atoms with E-state index in [0.717, 1.165) is 5.39 Å². The topological polar surface area (TPSA) is 88.4 Å². The second kappa shape index (κ2) is 7.62. The van der Waals surface area contributed by atoms with Gasteiger partial charge < -0.3 is 9.73 Å². The van der Waals surface area contributed by atoms with Crippen molar-refractivity contribution in [3.8, 4) is 0 Å². The molecule has 4 aromatic rings. The minimum absolute atomic E-state index is 0.0641. The summed E-state index contributed by atoms with van der Waals surface area (Å²) in [7, 11) is -3.77. The lowest BCUT2D eigenvalue weighted by molar-refractivity contribution is 0.0998. The molecule has 0 fully saturated rings. The molecule has 0 saturated carbocycles. The number of amides is 1. The Morgan fingerprint density at radius 3 is 2.21 bits per heavy atom. The average molecular weight is 427 g/mol. The molecule has 1 heterocycles. The Labute approximate surface area is 172 Å². The van der Waals surface area contributed by atoms with E-state index in [4.69, 9.17) is 16.0 Å². The lowest BCUT2D eigenvalue weighted by Gasteiger charge is -2.09. The van der Waals surface area contributed by atoms with E-state index in [1.807, 2.05) is 18.2 Å². The van der Waals surface area contributed by atoms with Crippen LogP contribution in [-0.2, 0) is 10.0 Å². The van der Waals surface area contributed by atoms with E-state index in [-0.39, 0.29) is 10.7 Å². The van der Waals surface area contributed by atoms with Gasteiger partial charge in [-0.15, -0.1) is 0 Å². The van der Waals surface area contributed by atoms with E-state index in [0.29, 0.717) is 22.0 Å². The molecule has 0 saturated heterocycles. The van der Waals surface area contributed by atoms with Crippen LogP contribution in [0.1, 0.15) is 10.6 Å². The molecule has 0 atom stereocenters. The van der Waals surface area contributed by atoms with Gasteiger partial charge >= 0.3 is 0 Å². The fourth-order valence-electron chi connectivity index (χ4n) is 2.74. The Hall–Kier alpha value is -3.29. The number of nitrogens with one attached hydrogen (secondary N) is 2. The molecular formula is C21H15ClN2O4S. The van der Waals surface area contributed by atoms with Gasteiger partial charge in [-0.25, -0.2) is 8.42 Å². The molecule has 0 radical (unpaired) electrons. The second-order valence-electron chi connectivity index (χ2n) is 6.24. The van der Waals surface area contributed by atoms with Crippen LogP contribution in [0.3, 0.4) is 0 Å². The third-order valence-electron chi connectivity index (χ3n) is 4.17. The van der Waals surface area contributed by atoms with Crippen LogP contribution in [-0.4, -0.2) is 14.3 Å². The zero-order chi connectivity index (χ0) is 20.4. The van der Waals surface area contributed by atoms with E-state index in [1.54, 1.807) is 36.4 Å². The Bertz CT molecular complexity index is 1250. The summed E-state index contributed by atoms with van der Waals surface area (Å²) in [5.41, 5.74) is 1.46. The zero-order valence-corrected chi connectivity index (χ0v) is 16.5. The molecule has 3 aromatic carbocycles. The molecule has 0 aliphatic rings. The largest absolute Gasteiger partial charge is 0.451 e. The monoisotopic (exact) mass is 426 g/mol. The summed E-state index contributed by atoms with van der Waals surface area (Å²) in [6.07, 6.45) is 0. The van der Waals surface area contributed by atoms with E-state index in [9.17, 15) is 13.2 Å². The van der Waals surface area contributed by atoms with Gasteiger partial charge in [0.1, 0.15) is 5.58 Å². The molecule has 1 amide bonds. The number of rotatable bonds is 5. The maximum atomic E-state index is 12.5. The lowest BCUT2D eigenvalue weighted by atomic mass is 10.2. The summed E-state index contributed by atoms with van der Waals surface area (Å²) in [4.78, 5) is 12.5. The Balaban J connectivity index is 1.48. The number of hydrogen-bond acceptors (Lipinski definition) is 4. The molecule has 1 aromatic heterocycles. The van der Waals surface area contributed by atoms with E-state index >= 15 is 0 Å². The highest BCUT2D eigenvalue weighted by molar-refractivity contribution is 7.92. The molecule has 8 heteroatoms. The first kappa shape index (κ1) is 19.0. The van der Waals surface area contributed by atoms with Crippen molar-refractivity contribution in [3.05, 3.63) is 89.6 Å². The average Bonchev–Trinajstić information content (AvgIpc) is 3.14. The van der Waals surface area contributed by atoms with Crippen LogP contribution in [0.15, 0.2) is 88.2 Å². The van der Waals surface area contributed by atoms with Crippen molar-refractivity contribution in [2.75, 3.05) is 10.0 Å². The number of carbonyl (C=O) groups is 1. The van der Waals surface area contributed by atoms with Crippen molar-refractivity contribution in [3.63, 3.8) is 0 Å². The Morgan fingerprint density at radius 2 is 1.52 bits per heavy atom. The van der Waals surface area contributed by atoms with Gasteiger partial charge in [0.2, 0.25) is 0 Å². The van der Waals surface area contributed by atoms with Crippen LogP contribution in [0.4, 0.5) is 11.4 Å². The van der Waals surface area contributed by atoms with Gasteiger partial charge in [-0.1, -0.05) is 29.8 Å². The van der Waals surface area contributed by atoms with Gasteiger partial charge in [0.15, 0.2) is 5.76 Å². The standard InChI is InChI=1S/C21H15ClN2O4S/c22-15-5-7-17(8-6-15)24-29(26,27)18-11-9-16(10-12-18)23-21(25)20-13-14-3-1-2-4-19(14)28-20/h1-13,24H,(H,23,25). The highest BCUT2D eigenvalue weighted by Gasteiger charge is 2.16. The lowest BCUT2D eigenvalue weighted by Crippen LogP contribution is -2.14. The minimum Gasteiger partial charge on any atom is -0.451 e. The fourth-order valence-corrected chi connectivity index (χ4v) is 3.92. The van der Waals surface area contributed by atoms with Crippen molar-refractivity contribution < 1.29 is 17.6 Å². The minimum atomic E-state index is -3.77. The molecule has 4 rings (SSSR count). The highest BCUT2D eigenvalue weighted by Crippen LogP contribution is 2.22.